The Balaban J connectivity index is 1.97. The van der Waals surface area contributed by atoms with Gasteiger partial charge in [-0.15, -0.1) is 0 Å². The first kappa shape index (κ1) is 12.4. The number of hydrogen-bond acceptors (Lipinski definition) is 2. The van der Waals surface area contributed by atoms with Crippen LogP contribution in [0.2, 0.25) is 0 Å². The molecule has 0 radical (unpaired) electrons. The quantitative estimate of drug-likeness (QED) is 0.711. The van der Waals surface area contributed by atoms with Crippen LogP contribution in [0.4, 0.5) is 0 Å². The number of nitrogens with zero attached hydrogens (tertiary/aromatic N) is 2. The van der Waals surface area contributed by atoms with Crippen molar-refractivity contribution in [1.29, 1.82) is 0 Å². The monoisotopic (exact) mass is 224 g/mol. The third kappa shape index (κ3) is 2.02. The van der Waals surface area contributed by atoms with E-state index < -0.39 is 0 Å². The van der Waals surface area contributed by atoms with Gasteiger partial charge in [-0.25, -0.2) is 0 Å². The summed E-state index contributed by atoms with van der Waals surface area (Å²) >= 11 is 0. The van der Waals surface area contributed by atoms with Crippen molar-refractivity contribution in [3.63, 3.8) is 0 Å². The van der Waals surface area contributed by atoms with Gasteiger partial charge in [0, 0.05) is 12.1 Å². The van der Waals surface area contributed by atoms with Gasteiger partial charge in [0.15, 0.2) is 0 Å². The van der Waals surface area contributed by atoms with E-state index in [-0.39, 0.29) is 0 Å². The van der Waals surface area contributed by atoms with Crippen LogP contribution in [-0.4, -0.2) is 48.1 Å². The lowest BCUT2D eigenvalue weighted by molar-refractivity contribution is 0.0572. The smallest absolute Gasteiger partial charge is 0.0125 e. The van der Waals surface area contributed by atoms with Gasteiger partial charge in [0.2, 0.25) is 0 Å². The lowest BCUT2D eigenvalue weighted by atomic mass is 9.73. The average Bonchev–Trinajstić information content (AvgIpc) is 2.58. The third-order valence-electron chi connectivity index (χ3n) is 5.26. The molecule has 0 amide bonds. The van der Waals surface area contributed by atoms with Crippen LogP contribution in [0, 0.1) is 5.41 Å². The molecule has 0 unspecified atom stereocenters. The van der Waals surface area contributed by atoms with E-state index in [0.29, 0.717) is 5.41 Å². The summed E-state index contributed by atoms with van der Waals surface area (Å²) in [6, 6.07) is 1.54. The van der Waals surface area contributed by atoms with Gasteiger partial charge in [-0.1, -0.05) is 6.92 Å². The first-order chi connectivity index (χ1) is 7.59. The van der Waals surface area contributed by atoms with Gasteiger partial charge in [-0.2, -0.15) is 0 Å². The van der Waals surface area contributed by atoms with Crippen LogP contribution < -0.4 is 0 Å². The van der Waals surface area contributed by atoms with Crippen LogP contribution in [0.5, 0.6) is 0 Å². The molecular formula is C14H28N2. The van der Waals surface area contributed by atoms with Crippen molar-refractivity contribution in [1.82, 2.24) is 9.80 Å². The Bertz CT molecular complexity index is 229. The highest BCUT2D eigenvalue weighted by atomic mass is 15.2. The Morgan fingerprint density at radius 3 is 2.12 bits per heavy atom. The minimum atomic E-state index is 0.654. The summed E-state index contributed by atoms with van der Waals surface area (Å²) in [5, 5.41) is 0. The fourth-order valence-corrected chi connectivity index (χ4v) is 3.74. The maximum atomic E-state index is 2.67. The maximum Gasteiger partial charge on any atom is 0.0125 e. The molecule has 2 fully saturated rings. The minimum absolute atomic E-state index is 0.654. The summed E-state index contributed by atoms with van der Waals surface area (Å²) in [6.07, 6.45) is 4.28. The van der Waals surface area contributed by atoms with E-state index in [1.54, 1.807) is 0 Å². The zero-order valence-corrected chi connectivity index (χ0v) is 11.5. The lowest BCUT2D eigenvalue weighted by Crippen LogP contribution is -2.47. The predicted molar refractivity (Wildman–Crippen MR) is 69.7 cm³/mol. The highest BCUT2D eigenvalue weighted by Crippen LogP contribution is 2.45. The van der Waals surface area contributed by atoms with Crippen molar-refractivity contribution in [2.24, 2.45) is 5.41 Å². The third-order valence-corrected chi connectivity index (χ3v) is 5.26. The van der Waals surface area contributed by atoms with Gasteiger partial charge < -0.3 is 9.80 Å². The van der Waals surface area contributed by atoms with Crippen LogP contribution in [0.15, 0.2) is 0 Å². The second-order valence-corrected chi connectivity index (χ2v) is 6.05. The summed E-state index contributed by atoms with van der Waals surface area (Å²) in [6.45, 7) is 14.6. The summed E-state index contributed by atoms with van der Waals surface area (Å²) in [5.41, 5.74) is 0.654. The Hall–Kier alpha value is -0.0800. The van der Waals surface area contributed by atoms with Crippen molar-refractivity contribution in [2.75, 3.05) is 26.2 Å². The maximum absolute atomic E-state index is 2.67. The second-order valence-electron chi connectivity index (χ2n) is 6.05. The molecule has 2 aliphatic rings. The topological polar surface area (TPSA) is 6.48 Å². The van der Waals surface area contributed by atoms with Crippen LogP contribution >= 0.6 is 0 Å². The van der Waals surface area contributed by atoms with E-state index >= 15 is 0 Å². The summed E-state index contributed by atoms with van der Waals surface area (Å²) < 4.78 is 0. The first-order valence-corrected chi connectivity index (χ1v) is 7.07. The summed E-state index contributed by atoms with van der Waals surface area (Å²) in [7, 11) is 0. The molecule has 94 valence electrons. The molecule has 1 atom stereocenters. The van der Waals surface area contributed by atoms with Crippen LogP contribution in [-0.2, 0) is 0 Å². The lowest BCUT2D eigenvalue weighted by Gasteiger charge is -2.44. The molecule has 0 aromatic heterocycles. The van der Waals surface area contributed by atoms with Crippen molar-refractivity contribution >= 4 is 0 Å². The fourth-order valence-electron chi connectivity index (χ4n) is 3.74. The van der Waals surface area contributed by atoms with Gasteiger partial charge >= 0.3 is 0 Å². The van der Waals surface area contributed by atoms with Gasteiger partial charge in [0.05, 0.1) is 0 Å². The van der Waals surface area contributed by atoms with E-state index in [9.17, 15) is 0 Å². The van der Waals surface area contributed by atoms with Crippen LogP contribution in [0.3, 0.4) is 0 Å². The zero-order valence-electron chi connectivity index (χ0n) is 11.5. The molecule has 0 bridgehead atoms. The van der Waals surface area contributed by atoms with Crippen molar-refractivity contribution in [3.05, 3.63) is 0 Å². The highest BCUT2D eigenvalue weighted by Gasteiger charge is 2.45. The molecule has 2 heteroatoms. The van der Waals surface area contributed by atoms with Gasteiger partial charge in [0.1, 0.15) is 0 Å². The molecule has 2 rings (SSSR count). The molecule has 0 saturated carbocycles. The Morgan fingerprint density at radius 2 is 1.69 bits per heavy atom. The number of rotatable bonds is 2. The largest absolute Gasteiger partial charge is 0.301 e. The molecule has 0 N–H and O–H groups in total. The van der Waals surface area contributed by atoms with Crippen molar-refractivity contribution in [3.8, 4) is 0 Å². The Kier molecular flexibility index (Phi) is 3.60. The minimum Gasteiger partial charge on any atom is -0.301 e. The van der Waals surface area contributed by atoms with E-state index in [1.807, 2.05) is 0 Å². The SMILES string of the molecule is CCN1CCC2(CCN(C(C)C)CC2)[C@H]1C. The van der Waals surface area contributed by atoms with Gasteiger partial charge in [-0.05, 0) is 71.6 Å². The normalized spacial score (nSPS) is 31.7. The zero-order chi connectivity index (χ0) is 11.8. The summed E-state index contributed by atoms with van der Waals surface area (Å²) in [4.78, 5) is 5.32. The molecule has 2 aliphatic heterocycles. The molecule has 2 saturated heterocycles. The van der Waals surface area contributed by atoms with Gasteiger partial charge in [0.25, 0.3) is 0 Å². The fraction of sp³-hybridized carbons (Fsp3) is 1.00. The van der Waals surface area contributed by atoms with Crippen LogP contribution in [0.25, 0.3) is 0 Å². The van der Waals surface area contributed by atoms with E-state index in [0.717, 1.165) is 12.1 Å². The predicted octanol–water partition coefficient (Wildman–Crippen LogP) is 2.59. The summed E-state index contributed by atoms with van der Waals surface area (Å²) in [5.74, 6) is 0. The molecule has 0 aliphatic carbocycles. The number of hydrogen-bond donors (Lipinski definition) is 0. The molecule has 0 aromatic carbocycles. The molecule has 2 heterocycles. The Morgan fingerprint density at radius 1 is 1.12 bits per heavy atom. The highest BCUT2D eigenvalue weighted by molar-refractivity contribution is 4.99. The Labute approximate surface area is 101 Å². The average molecular weight is 224 g/mol. The van der Waals surface area contributed by atoms with E-state index in [4.69, 9.17) is 0 Å². The first-order valence-electron chi connectivity index (χ1n) is 7.07. The molecule has 1 spiro atoms. The van der Waals surface area contributed by atoms with Crippen molar-refractivity contribution in [2.45, 2.75) is 59.0 Å². The molecule has 16 heavy (non-hydrogen) atoms. The molecule has 2 nitrogen and oxygen atoms in total. The van der Waals surface area contributed by atoms with Gasteiger partial charge in [-0.3, -0.25) is 0 Å². The van der Waals surface area contributed by atoms with Crippen LogP contribution in [0.1, 0.15) is 47.0 Å². The number of piperidine rings is 1. The molecule has 0 aromatic rings. The number of likely N-dealkylation sites (tertiary alicyclic amines) is 2. The second kappa shape index (κ2) is 4.66. The van der Waals surface area contributed by atoms with E-state index in [1.165, 1.54) is 45.4 Å². The van der Waals surface area contributed by atoms with E-state index in [2.05, 4.69) is 37.5 Å². The molecular weight excluding hydrogens is 196 g/mol. The van der Waals surface area contributed by atoms with Crippen molar-refractivity contribution < 1.29 is 0 Å². The standard InChI is InChI=1S/C14H28N2/c1-5-15-9-6-14(13(15)4)7-10-16(11-8-14)12(2)3/h12-13H,5-11H2,1-4H3/t13-/m1/s1.